The van der Waals surface area contributed by atoms with E-state index in [1.165, 1.54) is 10.9 Å². The van der Waals surface area contributed by atoms with Gasteiger partial charge in [-0.3, -0.25) is 0 Å². The third-order valence-corrected chi connectivity index (χ3v) is 4.48. The molecule has 2 amide bonds. The molecule has 4 nitrogen and oxygen atoms in total. The summed E-state index contributed by atoms with van der Waals surface area (Å²) in [5.74, 6) is 0. The van der Waals surface area contributed by atoms with Crippen LogP contribution in [0.1, 0.15) is 11.3 Å². The van der Waals surface area contributed by atoms with Gasteiger partial charge in [0.2, 0.25) is 0 Å². The van der Waals surface area contributed by atoms with Gasteiger partial charge in [0.05, 0.1) is 6.54 Å². The van der Waals surface area contributed by atoms with E-state index in [1.807, 2.05) is 23.1 Å². The average molecular weight is 326 g/mol. The van der Waals surface area contributed by atoms with Crippen molar-refractivity contribution in [1.82, 2.24) is 9.88 Å². The minimum absolute atomic E-state index is 0.100. The van der Waals surface area contributed by atoms with Gasteiger partial charge in [0.15, 0.2) is 0 Å². The number of aromatic nitrogens is 1. The van der Waals surface area contributed by atoms with Gasteiger partial charge in [0, 0.05) is 33.9 Å². The van der Waals surface area contributed by atoms with Gasteiger partial charge >= 0.3 is 6.03 Å². The Labute approximate surface area is 139 Å². The summed E-state index contributed by atoms with van der Waals surface area (Å²) in [5, 5.41) is 4.78. The van der Waals surface area contributed by atoms with Crippen LogP contribution in [0.5, 0.6) is 0 Å². The first-order chi connectivity index (χ1) is 11.2. The van der Waals surface area contributed by atoms with Crippen LogP contribution in [0.2, 0.25) is 5.02 Å². The van der Waals surface area contributed by atoms with Gasteiger partial charge in [-0.25, -0.2) is 4.79 Å². The Morgan fingerprint density at radius 2 is 2.04 bits per heavy atom. The number of hydrogen-bond donors (Lipinski definition) is 2. The molecule has 0 atom stereocenters. The second-order valence-corrected chi connectivity index (χ2v) is 6.18. The predicted molar refractivity (Wildman–Crippen MR) is 92.9 cm³/mol. The number of rotatable bonds is 1. The minimum atomic E-state index is -0.100. The first-order valence-electron chi connectivity index (χ1n) is 7.60. The third-order valence-electron chi connectivity index (χ3n) is 4.25. The molecule has 3 aromatic rings. The molecular weight excluding hydrogens is 310 g/mol. The fourth-order valence-electron chi connectivity index (χ4n) is 3.14. The number of urea groups is 1. The lowest BCUT2D eigenvalue weighted by molar-refractivity contribution is 0.206. The van der Waals surface area contributed by atoms with Crippen LogP contribution in [-0.2, 0) is 13.0 Å². The Morgan fingerprint density at radius 3 is 2.91 bits per heavy atom. The maximum absolute atomic E-state index is 12.5. The van der Waals surface area contributed by atoms with Crippen molar-refractivity contribution in [2.45, 2.75) is 13.0 Å². The van der Waals surface area contributed by atoms with Gasteiger partial charge in [0.1, 0.15) is 0 Å². The Hall–Kier alpha value is -2.46. The molecule has 0 radical (unpaired) electrons. The average Bonchev–Trinajstić information content (AvgIpc) is 2.92. The van der Waals surface area contributed by atoms with E-state index >= 15 is 0 Å². The van der Waals surface area contributed by atoms with Crippen molar-refractivity contribution in [1.29, 1.82) is 0 Å². The summed E-state index contributed by atoms with van der Waals surface area (Å²) < 4.78 is 0. The molecule has 1 aliphatic heterocycles. The highest BCUT2D eigenvalue weighted by molar-refractivity contribution is 6.30. The van der Waals surface area contributed by atoms with Crippen LogP contribution in [0.15, 0.2) is 48.5 Å². The molecule has 2 N–H and O–H groups in total. The maximum Gasteiger partial charge on any atom is 0.322 e. The van der Waals surface area contributed by atoms with Gasteiger partial charge < -0.3 is 15.2 Å². The summed E-state index contributed by atoms with van der Waals surface area (Å²) in [7, 11) is 0. The molecule has 23 heavy (non-hydrogen) atoms. The lowest BCUT2D eigenvalue weighted by Gasteiger charge is -2.27. The van der Waals surface area contributed by atoms with Gasteiger partial charge in [-0.15, -0.1) is 0 Å². The van der Waals surface area contributed by atoms with Crippen LogP contribution in [0.4, 0.5) is 10.5 Å². The van der Waals surface area contributed by atoms with Crippen LogP contribution >= 0.6 is 11.6 Å². The fourth-order valence-corrected chi connectivity index (χ4v) is 3.33. The molecule has 4 rings (SSSR count). The SMILES string of the molecule is O=C(Nc1cccc(Cl)c1)N1CCc2c([nH]c3ccccc23)C1. The van der Waals surface area contributed by atoms with Gasteiger partial charge in [0.25, 0.3) is 0 Å². The zero-order valence-electron chi connectivity index (χ0n) is 12.5. The molecule has 5 heteroatoms. The summed E-state index contributed by atoms with van der Waals surface area (Å²) in [6.45, 7) is 1.30. The normalized spacial score (nSPS) is 13.9. The number of nitrogens with zero attached hydrogens (tertiary/aromatic N) is 1. The van der Waals surface area contributed by atoms with Crippen LogP contribution in [0.3, 0.4) is 0 Å². The number of anilines is 1. The van der Waals surface area contributed by atoms with Crippen molar-refractivity contribution in [3.05, 3.63) is 64.8 Å². The van der Waals surface area contributed by atoms with E-state index in [-0.39, 0.29) is 6.03 Å². The Kier molecular flexibility index (Phi) is 3.46. The van der Waals surface area contributed by atoms with E-state index in [2.05, 4.69) is 28.5 Å². The van der Waals surface area contributed by atoms with Crippen molar-refractivity contribution in [2.75, 3.05) is 11.9 Å². The smallest absolute Gasteiger partial charge is 0.322 e. The topological polar surface area (TPSA) is 48.1 Å². The fraction of sp³-hybridized carbons (Fsp3) is 0.167. The number of amides is 2. The van der Waals surface area contributed by atoms with E-state index in [9.17, 15) is 4.79 Å². The number of para-hydroxylation sites is 1. The molecule has 116 valence electrons. The number of carbonyl (C=O) groups is 1. The molecule has 0 spiro atoms. The molecule has 0 fully saturated rings. The number of benzene rings is 2. The number of hydrogen-bond acceptors (Lipinski definition) is 1. The number of carbonyl (C=O) groups excluding carboxylic acids is 1. The van der Waals surface area contributed by atoms with Crippen molar-refractivity contribution in [2.24, 2.45) is 0 Å². The quantitative estimate of drug-likeness (QED) is 0.684. The van der Waals surface area contributed by atoms with E-state index in [0.29, 0.717) is 23.8 Å². The zero-order chi connectivity index (χ0) is 15.8. The van der Waals surface area contributed by atoms with E-state index < -0.39 is 0 Å². The predicted octanol–water partition coefficient (Wildman–Crippen LogP) is 4.41. The zero-order valence-corrected chi connectivity index (χ0v) is 13.2. The van der Waals surface area contributed by atoms with Crippen molar-refractivity contribution >= 4 is 34.2 Å². The monoisotopic (exact) mass is 325 g/mol. The van der Waals surface area contributed by atoms with Gasteiger partial charge in [-0.05, 0) is 36.2 Å². The highest BCUT2D eigenvalue weighted by Gasteiger charge is 2.23. The van der Waals surface area contributed by atoms with E-state index in [4.69, 9.17) is 11.6 Å². The van der Waals surface area contributed by atoms with Crippen molar-refractivity contribution in [3.63, 3.8) is 0 Å². The van der Waals surface area contributed by atoms with Crippen molar-refractivity contribution < 1.29 is 4.79 Å². The molecule has 1 aliphatic rings. The Morgan fingerprint density at radius 1 is 1.17 bits per heavy atom. The molecule has 0 unspecified atom stereocenters. The minimum Gasteiger partial charge on any atom is -0.357 e. The van der Waals surface area contributed by atoms with Gasteiger partial charge in [-0.2, -0.15) is 0 Å². The van der Waals surface area contributed by atoms with E-state index in [0.717, 1.165) is 17.6 Å². The summed E-state index contributed by atoms with van der Waals surface area (Å²) >= 11 is 5.96. The first kappa shape index (κ1) is 14.2. The number of H-pyrrole nitrogens is 1. The standard InChI is InChI=1S/C18H16ClN3O/c19-12-4-3-5-13(10-12)20-18(23)22-9-8-15-14-6-1-2-7-16(14)21-17(15)11-22/h1-7,10,21H,8-9,11H2,(H,20,23). The summed E-state index contributed by atoms with van der Waals surface area (Å²) in [5.41, 5.74) is 4.30. The Bertz CT molecular complexity index is 887. The third kappa shape index (κ3) is 2.66. The lowest BCUT2D eigenvalue weighted by atomic mass is 10.0. The second-order valence-electron chi connectivity index (χ2n) is 5.74. The van der Waals surface area contributed by atoms with Crippen molar-refractivity contribution in [3.8, 4) is 0 Å². The molecule has 1 aromatic heterocycles. The van der Waals surface area contributed by atoms with Crippen LogP contribution < -0.4 is 5.32 Å². The number of fused-ring (bicyclic) bond motifs is 3. The molecule has 0 saturated carbocycles. The molecule has 2 heterocycles. The molecular formula is C18H16ClN3O. The number of aromatic amines is 1. The second kappa shape index (κ2) is 5.63. The number of halogens is 1. The Balaban J connectivity index is 1.54. The largest absolute Gasteiger partial charge is 0.357 e. The summed E-state index contributed by atoms with van der Waals surface area (Å²) in [6.07, 6.45) is 0.863. The molecule has 0 bridgehead atoms. The summed E-state index contributed by atoms with van der Waals surface area (Å²) in [6, 6.07) is 15.4. The first-order valence-corrected chi connectivity index (χ1v) is 7.98. The number of nitrogens with one attached hydrogen (secondary N) is 2. The lowest BCUT2D eigenvalue weighted by Crippen LogP contribution is -2.38. The molecule has 2 aromatic carbocycles. The van der Waals surface area contributed by atoms with Crippen LogP contribution in [0, 0.1) is 0 Å². The highest BCUT2D eigenvalue weighted by atomic mass is 35.5. The molecule has 0 aliphatic carbocycles. The maximum atomic E-state index is 12.5. The highest BCUT2D eigenvalue weighted by Crippen LogP contribution is 2.27. The van der Waals surface area contributed by atoms with Gasteiger partial charge in [-0.1, -0.05) is 35.9 Å². The molecule has 0 saturated heterocycles. The summed E-state index contributed by atoms with van der Waals surface area (Å²) in [4.78, 5) is 17.7. The van der Waals surface area contributed by atoms with Crippen LogP contribution in [0.25, 0.3) is 10.9 Å². The van der Waals surface area contributed by atoms with E-state index in [1.54, 1.807) is 12.1 Å². The van der Waals surface area contributed by atoms with Crippen LogP contribution in [-0.4, -0.2) is 22.5 Å².